The average molecular weight is 591 g/mol. The van der Waals surface area contributed by atoms with Crippen LogP contribution in [-0.2, 0) is 26.2 Å². The molecule has 10 heteroatoms. The van der Waals surface area contributed by atoms with Gasteiger partial charge in [-0.3, -0.25) is 13.9 Å². The van der Waals surface area contributed by atoms with Crippen molar-refractivity contribution in [2.75, 3.05) is 17.4 Å². The average Bonchev–Trinajstić information content (AvgIpc) is 2.92. The van der Waals surface area contributed by atoms with Gasteiger partial charge in [-0.1, -0.05) is 79.9 Å². The minimum atomic E-state index is -4.19. The van der Waals surface area contributed by atoms with E-state index in [1.54, 1.807) is 18.2 Å². The topological polar surface area (TPSA) is 86.8 Å². The van der Waals surface area contributed by atoms with E-state index in [0.29, 0.717) is 23.0 Å². The molecule has 0 aliphatic rings. The van der Waals surface area contributed by atoms with Gasteiger partial charge < -0.3 is 10.2 Å². The highest BCUT2D eigenvalue weighted by Crippen LogP contribution is 2.27. The van der Waals surface area contributed by atoms with E-state index in [1.165, 1.54) is 35.2 Å². The van der Waals surface area contributed by atoms with Crippen molar-refractivity contribution in [1.29, 1.82) is 0 Å². The molecule has 0 spiro atoms. The third-order valence-corrected chi connectivity index (χ3v) is 8.46. The molecule has 3 aromatic rings. The lowest BCUT2D eigenvalue weighted by Gasteiger charge is -2.33. The second-order valence-electron chi connectivity index (χ2n) is 9.02. The maximum absolute atomic E-state index is 14.0. The standard InChI is InChI=1S/C29H33Cl2N3O4S/c1-3-5-18-32-29(36)27(4-2)33(20-22-10-7-6-8-11-22)28(35)21-34(25-13-9-12-24(31)19-25)39(37,38)26-16-14-23(30)15-17-26/h6-17,19,27H,3-5,18,20-21H2,1-2H3,(H,32,36)/t27-/m0/s1. The van der Waals surface area contributed by atoms with E-state index in [-0.39, 0.29) is 23.0 Å². The van der Waals surface area contributed by atoms with Crippen molar-refractivity contribution >= 4 is 50.7 Å². The van der Waals surface area contributed by atoms with Crippen LogP contribution in [0.3, 0.4) is 0 Å². The van der Waals surface area contributed by atoms with Crippen LogP contribution in [-0.4, -0.2) is 44.3 Å². The number of hydrogen-bond donors (Lipinski definition) is 1. The fraction of sp³-hybridized carbons (Fsp3) is 0.310. The maximum Gasteiger partial charge on any atom is 0.264 e. The smallest absolute Gasteiger partial charge is 0.264 e. The predicted molar refractivity (Wildman–Crippen MR) is 156 cm³/mol. The van der Waals surface area contributed by atoms with E-state index in [0.717, 1.165) is 22.7 Å². The Hall–Kier alpha value is -3.07. The molecular formula is C29H33Cl2N3O4S. The minimum Gasteiger partial charge on any atom is -0.354 e. The number of hydrogen-bond acceptors (Lipinski definition) is 4. The lowest BCUT2D eigenvalue weighted by atomic mass is 10.1. The first-order valence-corrected chi connectivity index (χ1v) is 15.0. The second-order valence-corrected chi connectivity index (χ2v) is 11.8. The summed E-state index contributed by atoms with van der Waals surface area (Å²) in [7, 11) is -4.19. The summed E-state index contributed by atoms with van der Waals surface area (Å²) in [6.45, 7) is 3.97. The van der Waals surface area contributed by atoms with Crippen molar-refractivity contribution in [2.24, 2.45) is 0 Å². The highest BCUT2D eigenvalue weighted by molar-refractivity contribution is 7.92. The van der Waals surface area contributed by atoms with Crippen LogP contribution >= 0.6 is 23.2 Å². The van der Waals surface area contributed by atoms with E-state index in [1.807, 2.05) is 44.2 Å². The van der Waals surface area contributed by atoms with Gasteiger partial charge in [0.1, 0.15) is 12.6 Å². The predicted octanol–water partition coefficient (Wildman–Crippen LogP) is 5.91. The van der Waals surface area contributed by atoms with Crippen LogP contribution in [0, 0.1) is 0 Å². The number of halogens is 2. The Morgan fingerprint density at radius 3 is 2.21 bits per heavy atom. The highest BCUT2D eigenvalue weighted by atomic mass is 35.5. The molecule has 3 rings (SSSR count). The number of rotatable bonds is 13. The third kappa shape index (κ3) is 8.21. The molecule has 0 bridgehead atoms. The zero-order chi connectivity index (χ0) is 28.4. The van der Waals surface area contributed by atoms with Crippen molar-refractivity contribution < 1.29 is 18.0 Å². The molecule has 39 heavy (non-hydrogen) atoms. The normalized spacial score (nSPS) is 12.0. The third-order valence-electron chi connectivity index (χ3n) is 6.19. The van der Waals surface area contributed by atoms with Crippen molar-refractivity contribution in [3.05, 3.63) is 94.5 Å². The van der Waals surface area contributed by atoms with Gasteiger partial charge in [0.05, 0.1) is 10.6 Å². The molecular weight excluding hydrogens is 557 g/mol. The van der Waals surface area contributed by atoms with Crippen molar-refractivity contribution in [3.8, 4) is 0 Å². The molecule has 3 aromatic carbocycles. The summed E-state index contributed by atoms with van der Waals surface area (Å²) < 4.78 is 28.6. The Kier molecular flexibility index (Phi) is 11.2. The molecule has 0 fully saturated rings. The summed E-state index contributed by atoms with van der Waals surface area (Å²) in [6.07, 6.45) is 2.09. The lowest BCUT2D eigenvalue weighted by molar-refractivity contribution is -0.140. The van der Waals surface area contributed by atoms with Gasteiger partial charge in [0.25, 0.3) is 10.0 Å². The van der Waals surface area contributed by atoms with Crippen LogP contribution < -0.4 is 9.62 Å². The number of benzene rings is 3. The first-order valence-electron chi connectivity index (χ1n) is 12.8. The molecule has 0 aliphatic heterocycles. The van der Waals surface area contributed by atoms with E-state index < -0.39 is 28.5 Å². The first-order chi connectivity index (χ1) is 18.7. The number of amides is 2. The van der Waals surface area contributed by atoms with Crippen LogP contribution in [0.2, 0.25) is 10.0 Å². The van der Waals surface area contributed by atoms with Crippen LogP contribution in [0.25, 0.3) is 0 Å². The van der Waals surface area contributed by atoms with Gasteiger partial charge in [0, 0.05) is 23.1 Å². The second kappa shape index (κ2) is 14.4. The molecule has 0 aliphatic carbocycles. The molecule has 0 saturated heterocycles. The summed E-state index contributed by atoms with van der Waals surface area (Å²) in [5.74, 6) is -0.793. The van der Waals surface area contributed by atoms with Gasteiger partial charge in [-0.2, -0.15) is 0 Å². The monoisotopic (exact) mass is 589 g/mol. The van der Waals surface area contributed by atoms with Gasteiger partial charge in [-0.05, 0) is 60.9 Å². The number of anilines is 1. The number of carbonyl (C=O) groups is 2. The molecule has 0 saturated carbocycles. The summed E-state index contributed by atoms with van der Waals surface area (Å²) in [6, 6.07) is 20.5. The van der Waals surface area contributed by atoms with Gasteiger partial charge >= 0.3 is 0 Å². The molecule has 1 N–H and O–H groups in total. The molecule has 0 aromatic heterocycles. The SMILES string of the molecule is CCCCNC(=O)[C@H](CC)N(Cc1ccccc1)C(=O)CN(c1cccc(Cl)c1)S(=O)(=O)c1ccc(Cl)cc1. The number of sulfonamides is 1. The fourth-order valence-corrected chi connectivity index (χ4v) is 5.82. The van der Waals surface area contributed by atoms with Crippen LogP contribution in [0.4, 0.5) is 5.69 Å². The van der Waals surface area contributed by atoms with Gasteiger partial charge in [0.15, 0.2) is 0 Å². The summed E-state index contributed by atoms with van der Waals surface area (Å²) in [5, 5.41) is 3.62. The molecule has 0 heterocycles. The fourth-order valence-electron chi connectivity index (χ4n) is 4.10. The number of unbranched alkanes of at least 4 members (excludes halogenated alkanes) is 1. The molecule has 0 radical (unpaired) electrons. The van der Waals surface area contributed by atoms with Crippen LogP contribution in [0.1, 0.15) is 38.7 Å². The Balaban J connectivity index is 2.02. The highest BCUT2D eigenvalue weighted by Gasteiger charge is 2.33. The number of carbonyl (C=O) groups excluding carboxylic acids is 2. The van der Waals surface area contributed by atoms with Gasteiger partial charge in [-0.25, -0.2) is 8.42 Å². The minimum absolute atomic E-state index is 0.0290. The molecule has 7 nitrogen and oxygen atoms in total. The van der Waals surface area contributed by atoms with E-state index in [4.69, 9.17) is 23.2 Å². The zero-order valence-electron chi connectivity index (χ0n) is 22.0. The summed E-state index contributed by atoms with van der Waals surface area (Å²) >= 11 is 12.2. The van der Waals surface area contributed by atoms with Crippen LogP contribution in [0.5, 0.6) is 0 Å². The largest absolute Gasteiger partial charge is 0.354 e. The van der Waals surface area contributed by atoms with Gasteiger partial charge in [-0.15, -0.1) is 0 Å². The Morgan fingerprint density at radius 2 is 1.59 bits per heavy atom. The van der Waals surface area contributed by atoms with E-state index in [2.05, 4.69) is 5.32 Å². The summed E-state index contributed by atoms with van der Waals surface area (Å²) in [4.78, 5) is 28.6. The van der Waals surface area contributed by atoms with E-state index in [9.17, 15) is 18.0 Å². The molecule has 0 unspecified atom stereocenters. The Morgan fingerprint density at radius 1 is 0.897 bits per heavy atom. The number of nitrogens with zero attached hydrogens (tertiary/aromatic N) is 2. The first kappa shape index (κ1) is 30.5. The van der Waals surface area contributed by atoms with E-state index >= 15 is 0 Å². The Labute approximate surface area is 240 Å². The van der Waals surface area contributed by atoms with Crippen molar-refractivity contribution in [3.63, 3.8) is 0 Å². The van der Waals surface area contributed by atoms with Crippen molar-refractivity contribution in [2.45, 2.75) is 50.6 Å². The maximum atomic E-state index is 14.0. The zero-order valence-corrected chi connectivity index (χ0v) is 24.3. The lowest BCUT2D eigenvalue weighted by Crippen LogP contribution is -2.52. The molecule has 208 valence electrons. The summed E-state index contributed by atoms with van der Waals surface area (Å²) in [5.41, 5.74) is 1.05. The van der Waals surface area contributed by atoms with Gasteiger partial charge in [0.2, 0.25) is 11.8 Å². The quantitative estimate of drug-likeness (QED) is 0.251. The Bertz CT molecular complexity index is 1350. The van der Waals surface area contributed by atoms with Crippen LogP contribution in [0.15, 0.2) is 83.8 Å². The molecule has 1 atom stereocenters. The van der Waals surface area contributed by atoms with Crippen molar-refractivity contribution in [1.82, 2.24) is 10.2 Å². The number of nitrogens with one attached hydrogen (secondary N) is 1. The molecule has 2 amide bonds.